The van der Waals surface area contributed by atoms with Gasteiger partial charge >= 0.3 is 7.12 Å². The molecule has 0 unspecified atom stereocenters. The summed E-state index contributed by atoms with van der Waals surface area (Å²) in [5, 5.41) is 0. The van der Waals surface area contributed by atoms with E-state index in [-0.39, 0.29) is 11.2 Å². The first-order valence-corrected chi connectivity index (χ1v) is 6.72. The minimum atomic E-state index is -1.04. The van der Waals surface area contributed by atoms with Crippen LogP contribution in [0.5, 0.6) is 5.75 Å². The molecule has 1 saturated heterocycles. The SMILES string of the molecule is CC1(C)OB(c2c(F)cc3c(c2F)CCO3)OC1(C)C. The summed E-state index contributed by atoms with van der Waals surface area (Å²) in [7, 11) is -1.04. The molecule has 0 saturated carbocycles. The molecule has 108 valence electrons. The molecule has 0 atom stereocenters. The van der Waals surface area contributed by atoms with Crippen molar-refractivity contribution in [2.75, 3.05) is 6.61 Å². The summed E-state index contributed by atoms with van der Waals surface area (Å²) in [5.41, 5.74) is -1.03. The maximum Gasteiger partial charge on any atom is 0.500 e. The fourth-order valence-corrected chi connectivity index (χ4v) is 2.46. The summed E-state index contributed by atoms with van der Waals surface area (Å²) in [6.45, 7) is 7.76. The van der Waals surface area contributed by atoms with Crippen LogP contribution in [0.4, 0.5) is 8.78 Å². The van der Waals surface area contributed by atoms with Gasteiger partial charge in [0.2, 0.25) is 0 Å². The van der Waals surface area contributed by atoms with Gasteiger partial charge in [-0.05, 0) is 27.7 Å². The lowest BCUT2D eigenvalue weighted by Gasteiger charge is -2.32. The quantitative estimate of drug-likeness (QED) is 0.739. The first-order valence-electron chi connectivity index (χ1n) is 6.72. The highest BCUT2D eigenvalue weighted by molar-refractivity contribution is 6.62. The third-order valence-electron chi connectivity index (χ3n) is 4.41. The fraction of sp³-hybridized carbons (Fsp3) is 0.571. The monoisotopic (exact) mass is 282 g/mol. The molecule has 0 bridgehead atoms. The molecule has 1 aromatic rings. The van der Waals surface area contributed by atoms with E-state index >= 15 is 0 Å². The van der Waals surface area contributed by atoms with Gasteiger partial charge in [-0.1, -0.05) is 0 Å². The Morgan fingerprint density at radius 2 is 1.70 bits per heavy atom. The minimum Gasteiger partial charge on any atom is -0.493 e. The van der Waals surface area contributed by atoms with Gasteiger partial charge in [0.25, 0.3) is 0 Å². The van der Waals surface area contributed by atoms with Crippen molar-refractivity contribution in [1.82, 2.24) is 0 Å². The maximum absolute atomic E-state index is 14.5. The second-order valence-electron chi connectivity index (χ2n) is 6.25. The van der Waals surface area contributed by atoms with Crippen LogP contribution in [0.15, 0.2) is 6.07 Å². The van der Waals surface area contributed by atoms with Crippen LogP contribution < -0.4 is 10.2 Å². The Morgan fingerprint density at radius 3 is 2.30 bits per heavy atom. The molecule has 0 amide bonds. The van der Waals surface area contributed by atoms with Gasteiger partial charge in [0.1, 0.15) is 17.4 Å². The maximum atomic E-state index is 14.5. The van der Waals surface area contributed by atoms with E-state index in [0.717, 1.165) is 0 Å². The second-order valence-corrected chi connectivity index (χ2v) is 6.25. The fourth-order valence-electron chi connectivity index (χ4n) is 2.46. The normalized spacial score (nSPS) is 22.8. The zero-order valence-corrected chi connectivity index (χ0v) is 12.0. The Labute approximate surface area is 117 Å². The van der Waals surface area contributed by atoms with Crippen molar-refractivity contribution in [2.24, 2.45) is 0 Å². The van der Waals surface area contributed by atoms with Gasteiger partial charge < -0.3 is 14.0 Å². The van der Waals surface area contributed by atoms with Crippen molar-refractivity contribution in [1.29, 1.82) is 0 Å². The molecule has 3 rings (SSSR count). The van der Waals surface area contributed by atoms with E-state index < -0.39 is 30.0 Å². The van der Waals surface area contributed by atoms with Crippen LogP contribution in [-0.4, -0.2) is 24.9 Å². The summed E-state index contributed by atoms with van der Waals surface area (Å²) in [5.74, 6) is -1.03. The van der Waals surface area contributed by atoms with E-state index in [1.807, 2.05) is 27.7 Å². The smallest absolute Gasteiger partial charge is 0.493 e. The van der Waals surface area contributed by atoms with Crippen LogP contribution in [0.25, 0.3) is 0 Å². The van der Waals surface area contributed by atoms with Gasteiger partial charge in [0.05, 0.1) is 23.3 Å². The lowest BCUT2D eigenvalue weighted by Crippen LogP contribution is -2.41. The Hall–Kier alpha value is -1.14. The molecule has 3 nitrogen and oxygen atoms in total. The molecule has 0 aliphatic carbocycles. The number of ether oxygens (including phenoxy) is 1. The molecule has 1 fully saturated rings. The number of rotatable bonds is 1. The van der Waals surface area contributed by atoms with Crippen molar-refractivity contribution in [3.05, 3.63) is 23.3 Å². The minimum absolute atomic E-state index is 0.159. The summed E-state index contributed by atoms with van der Waals surface area (Å²) >= 11 is 0. The first kappa shape index (κ1) is 13.8. The molecule has 0 N–H and O–H groups in total. The van der Waals surface area contributed by atoms with Crippen LogP contribution >= 0.6 is 0 Å². The van der Waals surface area contributed by atoms with E-state index in [9.17, 15) is 8.78 Å². The van der Waals surface area contributed by atoms with Gasteiger partial charge in [-0.2, -0.15) is 0 Å². The second kappa shape index (κ2) is 4.18. The molecule has 0 radical (unpaired) electrons. The Kier molecular flexibility index (Phi) is 2.89. The molecule has 2 aliphatic rings. The van der Waals surface area contributed by atoms with Gasteiger partial charge in [-0.3, -0.25) is 0 Å². The van der Waals surface area contributed by atoms with Crippen LogP contribution in [0, 0.1) is 11.6 Å². The van der Waals surface area contributed by atoms with Gasteiger partial charge in [0, 0.05) is 18.1 Å². The van der Waals surface area contributed by atoms with E-state index in [4.69, 9.17) is 14.0 Å². The number of fused-ring (bicyclic) bond motifs is 1. The summed E-state index contributed by atoms with van der Waals surface area (Å²) < 4.78 is 45.3. The molecule has 0 spiro atoms. The highest BCUT2D eigenvalue weighted by Crippen LogP contribution is 2.38. The Balaban J connectivity index is 2.05. The predicted octanol–water partition coefficient (Wildman–Crippen LogP) is 2.20. The topological polar surface area (TPSA) is 27.7 Å². The van der Waals surface area contributed by atoms with E-state index in [1.165, 1.54) is 6.07 Å². The lowest BCUT2D eigenvalue weighted by molar-refractivity contribution is 0.00578. The summed E-state index contributed by atoms with van der Waals surface area (Å²) in [4.78, 5) is 0. The molecule has 20 heavy (non-hydrogen) atoms. The van der Waals surface area contributed by atoms with Crippen molar-refractivity contribution < 1.29 is 22.8 Å². The van der Waals surface area contributed by atoms with Crippen LogP contribution in [0.2, 0.25) is 0 Å². The molecule has 2 heterocycles. The zero-order valence-electron chi connectivity index (χ0n) is 12.0. The number of hydrogen-bond donors (Lipinski definition) is 0. The third-order valence-corrected chi connectivity index (χ3v) is 4.41. The highest BCUT2D eigenvalue weighted by Gasteiger charge is 2.53. The lowest BCUT2D eigenvalue weighted by atomic mass is 9.77. The van der Waals surface area contributed by atoms with Crippen molar-refractivity contribution in [3.8, 4) is 5.75 Å². The number of hydrogen-bond acceptors (Lipinski definition) is 3. The third kappa shape index (κ3) is 1.85. The number of halogens is 2. The molecule has 6 heteroatoms. The van der Waals surface area contributed by atoms with Crippen LogP contribution in [0.3, 0.4) is 0 Å². The van der Waals surface area contributed by atoms with Crippen molar-refractivity contribution >= 4 is 12.6 Å². The van der Waals surface area contributed by atoms with E-state index in [2.05, 4.69) is 0 Å². The van der Waals surface area contributed by atoms with E-state index in [1.54, 1.807) is 0 Å². The average Bonchev–Trinajstić information content (AvgIpc) is 2.82. The molecular formula is C14H17BF2O3. The first-order chi connectivity index (χ1) is 9.23. The van der Waals surface area contributed by atoms with Gasteiger partial charge in [-0.15, -0.1) is 0 Å². The van der Waals surface area contributed by atoms with Crippen LogP contribution in [0.1, 0.15) is 33.3 Å². The summed E-state index contributed by atoms with van der Waals surface area (Å²) in [6, 6.07) is 1.21. The predicted molar refractivity (Wildman–Crippen MR) is 71.3 cm³/mol. The molecule has 1 aromatic carbocycles. The van der Waals surface area contributed by atoms with Crippen molar-refractivity contribution in [2.45, 2.75) is 45.3 Å². The largest absolute Gasteiger partial charge is 0.500 e. The van der Waals surface area contributed by atoms with Crippen molar-refractivity contribution in [3.63, 3.8) is 0 Å². The number of benzene rings is 1. The van der Waals surface area contributed by atoms with Gasteiger partial charge in [0.15, 0.2) is 0 Å². The molecule has 2 aliphatic heterocycles. The zero-order chi connectivity index (χ0) is 14.7. The Bertz CT molecular complexity index is 556. The highest BCUT2D eigenvalue weighted by atomic mass is 19.1. The molecular weight excluding hydrogens is 265 g/mol. The van der Waals surface area contributed by atoms with Gasteiger partial charge in [-0.25, -0.2) is 8.78 Å². The van der Waals surface area contributed by atoms with Crippen LogP contribution in [-0.2, 0) is 15.7 Å². The summed E-state index contributed by atoms with van der Waals surface area (Å²) in [6.07, 6.45) is 0.438. The standard InChI is InChI=1S/C14H17BF2O3/c1-13(2)14(3,4)20-15(19-13)11-9(16)7-10-8(12(11)17)5-6-18-10/h7H,5-6H2,1-4H3. The Morgan fingerprint density at radius 1 is 1.10 bits per heavy atom. The van der Waals surface area contributed by atoms with E-state index in [0.29, 0.717) is 18.6 Å². The molecule has 0 aromatic heterocycles. The average molecular weight is 282 g/mol.